The first-order chi connectivity index (χ1) is 17.0. The second-order valence-corrected chi connectivity index (χ2v) is 9.06. The zero-order valence-corrected chi connectivity index (χ0v) is 19.1. The number of hydrogen-bond donors (Lipinski definition) is 0. The van der Waals surface area contributed by atoms with Gasteiger partial charge in [0.25, 0.3) is 0 Å². The van der Waals surface area contributed by atoms with Gasteiger partial charge >= 0.3 is 5.97 Å². The third-order valence-electron chi connectivity index (χ3n) is 6.97. The van der Waals surface area contributed by atoms with Crippen molar-refractivity contribution in [2.45, 2.75) is 25.2 Å². The Morgan fingerprint density at radius 1 is 0.771 bits per heavy atom. The molecule has 0 unspecified atom stereocenters. The highest BCUT2D eigenvalue weighted by Crippen LogP contribution is 2.45. The molecular formula is C29H25NO5. The number of imide groups is 1. The van der Waals surface area contributed by atoms with E-state index < -0.39 is 5.97 Å². The van der Waals surface area contributed by atoms with Gasteiger partial charge in [-0.25, -0.2) is 4.79 Å². The monoisotopic (exact) mass is 467 g/mol. The van der Waals surface area contributed by atoms with E-state index in [9.17, 15) is 19.2 Å². The molecule has 176 valence electrons. The van der Waals surface area contributed by atoms with Gasteiger partial charge in [-0.15, -0.1) is 0 Å². The first-order valence-electron chi connectivity index (χ1n) is 11.8. The zero-order valence-electron chi connectivity index (χ0n) is 19.1. The molecule has 3 aromatic rings. The van der Waals surface area contributed by atoms with Gasteiger partial charge in [-0.05, 0) is 48.9 Å². The number of carbonyl (C=O) groups excluding carboxylic acids is 4. The number of ether oxygens (including phenoxy) is 1. The zero-order chi connectivity index (χ0) is 24.4. The molecule has 0 radical (unpaired) electrons. The summed E-state index contributed by atoms with van der Waals surface area (Å²) in [5, 5.41) is 0. The standard InChI is InChI=1S/C29H25NO5/c31-26(20-10-5-2-6-11-20)18-35-29(34)22-12-7-13-23(16-22)30-27(32)24-15-14-21(17-25(24)28(30)33)19-8-3-1-4-9-19/h1-13,16,21,24-25H,14-15,17-18H2/t21-,24+,25+/m1/s1. The van der Waals surface area contributed by atoms with Gasteiger partial charge in [0, 0.05) is 5.56 Å². The molecule has 0 N–H and O–H groups in total. The minimum atomic E-state index is -0.684. The van der Waals surface area contributed by atoms with E-state index in [2.05, 4.69) is 12.1 Å². The van der Waals surface area contributed by atoms with Gasteiger partial charge < -0.3 is 4.74 Å². The van der Waals surface area contributed by atoms with E-state index in [4.69, 9.17) is 4.74 Å². The average Bonchev–Trinajstić information content (AvgIpc) is 3.17. The lowest BCUT2D eigenvalue weighted by Gasteiger charge is -2.28. The molecule has 1 aliphatic carbocycles. The largest absolute Gasteiger partial charge is 0.454 e. The van der Waals surface area contributed by atoms with Crippen LogP contribution in [0.25, 0.3) is 0 Å². The van der Waals surface area contributed by atoms with Gasteiger partial charge in [-0.3, -0.25) is 19.3 Å². The number of benzene rings is 3. The number of esters is 1. The van der Waals surface area contributed by atoms with Crippen molar-refractivity contribution >= 4 is 29.3 Å². The number of ketones is 1. The van der Waals surface area contributed by atoms with E-state index in [0.717, 1.165) is 6.42 Å². The molecule has 1 aliphatic heterocycles. The summed E-state index contributed by atoms with van der Waals surface area (Å²) < 4.78 is 5.20. The highest BCUT2D eigenvalue weighted by molar-refractivity contribution is 6.22. The molecule has 3 atom stereocenters. The molecule has 6 nitrogen and oxygen atoms in total. The molecule has 2 fully saturated rings. The average molecular weight is 468 g/mol. The summed E-state index contributed by atoms with van der Waals surface area (Å²) in [4.78, 5) is 52.6. The number of amides is 2. The number of nitrogens with zero attached hydrogens (tertiary/aromatic N) is 1. The van der Waals surface area contributed by atoms with Crippen molar-refractivity contribution in [3.63, 3.8) is 0 Å². The van der Waals surface area contributed by atoms with Crippen molar-refractivity contribution in [1.82, 2.24) is 0 Å². The summed E-state index contributed by atoms with van der Waals surface area (Å²) in [5.41, 5.74) is 2.19. The molecule has 0 bridgehead atoms. The van der Waals surface area contributed by atoms with Crippen molar-refractivity contribution < 1.29 is 23.9 Å². The van der Waals surface area contributed by atoms with E-state index >= 15 is 0 Å². The molecule has 0 spiro atoms. The van der Waals surface area contributed by atoms with Gasteiger partial charge in [-0.2, -0.15) is 0 Å². The molecule has 2 amide bonds. The maximum atomic E-state index is 13.3. The smallest absolute Gasteiger partial charge is 0.338 e. The van der Waals surface area contributed by atoms with Crippen LogP contribution in [-0.2, 0) is 14.3 Å². The van der Waals surface area contributed by atoms with Crippen LogP contribution in [0.2, 0.25) is 0 Å². The molecule has 0 aromatic heterocycles. The maximum Gasteiger partial charge on any atom is 0.338 e. The van der Waals surface area contributed by atoms with Crippen LogP contribution in [0.15, 0.2) is 84.9 Å². The Labute approximate surface area is 203 Å². The van der Waals surface area contributed by atoms with Gasteiger partial charge in [0.05, 0.1) is 23.1 Å². The van der Waals surface area contributed by atoms with Crippen molar-refractivity contribution in [1.29, 1.82) is 0 Å². The summed E-state index contributed by atoms with van der Waals surface area (Å²) in [6, 6.07) is 25.0. The predicted octanol–water partition coefficient (Wildman–Crippen LogP) is 4.80. The number of Topliss-reactive ketones (excluding diaryl/α,β-unsaturated/α-hetero) is 1. The van der Waals surface area contributed by atoms with Crippen LogP contribution >= 0.6 is 0 Å². The molecule has 1 saturated heterocycles. The number of anilines is 1. The van der Waals surface area contributed by atoms with Crippen LogP contribution in [0, 0.1) is 11.8 Å². The number of hydrogen-bond acceptors (Lipinski definition) is 5. The van der Waals surface area contributed by atoms with Gasteiger partial charge in [-0.1, -0.05) is 66.7 Å². The second-order valence-electron chi connectivity index (χ2n) is 9.06. The number of carbonyl (C=O) groups is 4. The minimum absolute atomic E-state index is 0.181. The van der Waals surface area contributed by atoms with Gasteiger partial charge in [0.1, 0.15) is 0 Å². The Hall–Kier alpha value is -4.06. The van der Waals surface area contributed by atoms with Crippen molar-refractivity contribution in [2.75, 3.05) is 11.5 Å². The number of rotatable bonds is 6. The third kappa shape index (κ3) is 4.52. The fourth-order valence-electron chi connectivity index (χ4n) is 5.16. The van der Waals surface area contributed by atoms with Crippen LogP contribution < -0.4 is 4.90 Å². The lowest BCUT2D eigenvalue weighted by molar-refractivity contribution is -0.122. The van der Waals surface area contributed by atoms with Crippen molar-refractivity contribution in [2.24, 2.45) is 11.8 Å². The molecule has 5 rings (SSSR count). The quantitative estimate of drug-likeness (QED) is 0.296. The summed E-state index contributed by atoms with van der Waals surface area (Å²) >= 11 is 0. The highest BCUT2D eigenvalue weighted by Gasteiger charge is 2.50. The highest BCUT2D eigenvalue weighted by atomic mass is 16.5. The summed E-state index contributed by atoms with van der Waals surface area (Å²) in [5.74, 6) is -1.87. The Bertz CT molecular complexity index is 1270. The molecule has 6 heteroatoms. The van der Waals surface area contributed by atoms with Crippen LogP contribution in [0.4, 0.5) is 5.69 Å². The number of fused-ring (bicyclic) bond motifs is 1. The molecular weight excluding hydrogens is 442 g/mol. The SMILES string of the molecule is O=C(COC(=O)c1cccc(N2C(=O)[C@H]3CC[C@@H](c4ccccc4)C[C@@H]3C2=O)c1)c1ccccc1. The second kappa shape index (κ2) is 9.66. The summed E-state index contributed by atoms with van der Waals surface area (Å²) in [6.07, 6.45) is 2.16. The Kier molecular flexibility index (Phi) is 6.27. The third-order valence-corrected chi connectivity index (χ3v) is 6.97. The molecule has 1 saturated carbocycles. The van der Waals surface area contributed by atoms with Crippen molar-refractivity contribution in [3.8, 4) is 0 Å². The van der Waals surface area contributed by atoms with E-state index in [1.54, 1.807) is 48.5 Å². The van der Waals surface area contributed by atoms with Gasteiger partial charge in [0.2, 0.25) is 11.8 Å². The molecule has 35 heavy (non-hydrogen) atoms. The first-order valence-corrected chi connectivity index (χ1v) is 11.8. The van der Waals surface area contributed by atoms with Crippen LogP contribution in [0.3, 0.4) is 0 Å². The van der Waals surface area contributed by atoms with E-state index in [-0.39, 0.29) is 47.5 Å². The summed E-state index contributed by atoms with van der Waals surface area (Å²) in [7, 11) is 0. The minimum Gasteiger partial charge on any atom is -0.454 e. The van der Waals surface area contributed by atoms with E-state index in [0.29, 0.717) is 24.1 Å². The lowest BCUT2D eigenvalue weighted by atomic mass is 9.73. The van der Waals surface area contributed by atoms with Crippen LogP contribution in [0.1, 0.15) is 51.5 Å². The molecule has 3 aromatic carbocycles. The van der Waals surface area contributed by atoms with E-state index in [1.165, 1.54) is 16.5 Å². The normalized spacial score (nSPS) is 21.5. The van der Waals surface area contributed by atoms with Crippen LogP contribution in [0.5, 0.6) is 0 Å². The van der Waals surface area contributed by atoms with Crippen molar-refractivity contribution in [3.05, 3.63) is 102 Å². The Balaban J connectivity index is 1.29. The fourth-order valence-corrected chi connectivity index (χ4v) is 5.16. The molecule has 2 aliphatic rings. The Morgan fingerprint density at radius 3 is 2.17 bits per heavy atom. The Morgan fingerprint density at radius 2 is 1.43 bits per heavy atom. The lowest BCUT2D eigenvalue weighted by Crippen LogP contribution is -2.31. The summed E-state index contributed by atoms with van der Waals surface area (Å²) in [6.45, 7) is -0.389. The maximum absolute atomic E-state index is 13.3. The fraction of sp³-hybridized carbons (Fsp3) is 0.241. The topological polar surface area (TPSA) is 80.8 Å². The first kappa shape index (κ1) is 22.7. The molecule has 1 heterocycles. The van der Waals surface area contributed by atoms with E-state index in [1.807, 2.05) is 18.2 Å². The van der Waals surface area contributed by atoms with Crippen LogP contribution in [-0.4, -0.2) is 30.2 Å². The predicted molar refractivity (Wildman–Crippen MR) is 130 cm³/mol. The van der Waals surface area contributed by atoms with Gasteiger partial charge in [0.15, 0.2) is 12.4 Å².